The Kier molecular flexibility index (Phi) is 7.95. The zero-order valence-corrected chi connectivity index (χ0v) is 20.5. The Morgan fingerprint density at radius 2 is 1.62 bits per heavy atom. The first-order valence-electron chi connectivity index (χ1n) is 11.9. The van der Waals surface area contributed by atoms with E-state index < -0.39 is 0 Å². The summed E-state index contributed by atoms with van der Waals surface area (Å²) >= 11 is 1.41. The topological polar surface area (TPSA) is 80.3 Å². The van der Waals surface area contributed by atoms with Crippen LogP contribution < -0.4 is 15.4 Å². The van der Waals surface area contributed by atoms with Gasteiger partial charge in [-0.15, -0.1) is 11.3 Å². The molecular weight excluding hydrogens is 446 g/mol. The zero-order chi connectivity index (χ0) is 23.9. The number of carbonyl (C=O) groups excluding carboxylic acids is 2. The van der Waals surface area contributed by atoms with Crippen LogP contribution in [0.15, 0.2) is 53.9 Å². The number of nitrogens with zero attached hydrogens (tertiary/aromatic N) is 1. The molecule has 2 aromatic carbocycles. The van der Waals surface area contributed by atoms with E-state index in [1.807, 2.05) is 55.5 Å². The molecule has 1 saturated carbocycles. The highest BCUT2D eigenvalue weighted by Gasteiger charge is 2.29. The van der Waals surface area contributed by atoms with Crippen LogP contribution in [0.25, 0.3) is 0 Å². The lowest BCUT2D eigenvalue weighted by molar-refractivity contribution is 0.0860. The van der Waals surface area contributed by atoms with E-state index in [1.54, 1.807) is 5.38 Å². The largest absolute Gasteiger partial charge is 0.486 e. The maximum atomic E-state index is 12.9. The second-order valence-corrected chi connectivity index (χ2v) is 9.67. The molecule has 0 aliphatic heterocycles. The van der Waals surface area contributed by atoms with Crippen molar-refractivity contribution in [3.63, 3.8) is 0 Å². The summed E-state index contributed by atoms with van der Waals surface area (Å²) in [5, 5.41) is 8.74. The molecule has 0 spiro atoms. The van der Waals surface area contributed by atoms with Crippen LogP contribution in [0.1, 0.15) is 69.6 Å². The average molecular weight is 478 g/mol. The number of ether oxygens (including phenoxy) is 1. The summed E-state index contributed by atoms with van der Waals surface area (Å²) in [4.78, 5) is 30.1. The molecule has 0 bridgehead atoms. The van der Waals surface area contributed by atoms with Crippen LogP contribution in [-0.2, 0) is 13.0 Å². The average Bonchev–Trinajstić information content (AvgIpc) is 3.34. The molecule has 3 aromatic rings. The molecule has 1 heterocycles. The molecule has 1 aliphatic carbocycles. The van der Waals surface area contributed by atoms with Crippen molar-refractivity contribution in [3.05, 3.63) is 81.3 Å². The molecule has 7 heteroatoms. The van der Waals surface area contributed by atoms with Crippen LogP contribution in [-0.4, -0.2) is 28.9 Å². The highest BCUT2D eigenvalue weighted by Crippen LogP contribution is 2.21. The second-order valence-electron chi connectivity index (χ2n) is 8.72. The van der Waals surface area contributed by atoms with Crippen LogP contribution in [0.3, 0.4) is 0 Å². The fourth-order valence-corrected chi connectivity index (χ4v) is 4.81. The van der Waals surface area contributed by atoms with Crippen LogP contribution >= 0.6 is 11.3 Å². The summed E-state index contributed by atoms with van der Waals surface area (Å²) in [6.45, 7) is 4.44. The van der Waals surface area contributed by atoms with Crippen molar-refractivity contribution in [1.82, 2.24) is 15.6 Å². The van der Waals surface area contributed by atoms with Crippen molar-refractivity contribution in [2.24, 2.45) is 0 Å². The Labute approximate surface area is 204 Å². The van der Waals surface area contributed by atoms with E-state index in [9.17, 15) is 9.59 Å². The van der Waals surface area contributed by atoms with Crippen LogP contribution in [0.4, 0.5) is 0 Å². The minimum Gasteiger partial charge on any atom is -0.486 e. The van der Waals surface area contributed by atoms with E-state index in [1.165, 1.54) is 22.5 Å². The van der Waals surface area contributed by atoms with E-state index >= 15 is 0 Å². The second kappa shape index (κ2) is 11.3. The SMILES string of the molecule is CCc1ccc(C(=O)N[C@H]2CCCC[C@H]2NC(=O)c2csc(COc3ccc(C)cc3)n2)cc1. The quantitative estimate of drug-likeness (QED) is 0.475. The van der Waals surface area contributed by atoms with Gasteiger partial charge in [0.15, 0.2) is 0 Å². The maximum absolute atomic E-state index is 12.9. The van der Waals surface area contributed by atoms with Gasteiger partial charge in [0, 0.05) is 23.0 Å². The fraction of sp³-hybridized carbons (Fsp3) is 0.370. The summed E-state index contributed by atoms with van der Waals surface area (Å²) in [6.07, 6.45) is 4.67. The van der Waals surface area contributed by atoms with E-state index in [0.29, 0.717) is 17.9 Å². The zero-order valence-electron chi connectivity index (χ0n) is 19.7. The fourth-order valence-electron chi connectivity index (χ4n) is 4.12. The molecule has 0 saturated heterocycles. The van der Waals surface area contributed by atoms with E-state index in [4.69, 9.17) is 4.74 Å². The summed E-state index contributed by atoms with van der Waals surface area (Å²) < 4.78 is 5.78. The lowest BCUT2D eigenvalue weighted by Gasteiger charge is -2.32. The summed E-state index contributed by atoms with van der Waals surface area (Å²) in [6, 6.07) is 15.3. The van der Waals surface area contributed by atoms with Gasteiger partial charge in [0.05, 0.1) is 0 Å². The van der Waals surface area contributed by atoms with Gasteiger partial charge >= 0.3 is 0 Å². The number of rotatable bonds is 8. The van der Waals surface area contributed by atoms with Gasteiger partial charge in [-0.05, 0) is 56.0 Å². The number of nitrogens with one attached hydrogen (secondary N) is 2. The highest BCUT2D eigenvalue weighted by atomic mass is 32.1. The highest BCUT2D eigenvalue weighted by molar-refractivity contribution is 7.09. The van der Waals surface area contributed by atoms with E-state index in [-0.39, 0.29) is 23.9 Å². The lowest BCUT2D eigenvalue weighted by Crippen LogP contribution is -2.53. The molecule has 6 nitrogen and oxygen atoms in total. The molecule has 178 valence electrons. The van der Waals surface area contributed by atoms with Crippen molar-refractivity contribution >= 4 is 23.2 Å². The molecule has 1 fully saturated rings. The van der Waals surface area contributed by atoms with Gasteiger partial charge in [0.25, 0.3) is 11.8 Å². The van der Waals surface area contributed by atoms with Crippen molar-refractivity contribution in [3.8, 4) is 5.75 Å². The van der Waals surface area contributed by atoms with Crippen molar-refractivity contribution in [2.45, 2.75) is 64.6 Å². The molecule has 0 radical (unpaired) electrons. The maximum Gasteiger partial charge on any atom is 0.271 e. The predicted molar refractivity (Wildman–Crippen MR) is 134 cm³/mol. The molecule has 1 aromatic heterocycles. The third kappa shape index (κ3) is 6.23. The van der Waals surface area contributed by atoms with Gasteiger partial charge in [-0.3, -0.25) is 9.59 Å². The Hall–Kier alpha value is -3.19. The van der Waals surface area contributed by atoms with E-state index in [0.717, 1.165) is 42.9 Å². The summed E-state index contributed by atoms with van der Waals surface area (Å²) in [5.74, 6) is 0.464. The van der Waals surface area contributed by atoms with E-state index in [2.05, 4.69) is 22.5 Å². The minimum atomic E-state index is -0.212. The van der Waals surface area contributed by atoms with Gasteiger partial charge in [0.1, 0.15) is 23.1 Å². The summed E-state index contributed by atoms with van der Waals surface area (Å²) in [5.41, 5.74) is 3.40. The minimum absolute atomic E-state index is 0.0981. The van der Waals surface area contributed by atoms with Crippen LogP contribution in [0, 0.1) is 6.92 Å². The molecule has 1 aliphatic rings. The monoisotopic (exact) mass is 477 g/mol. The van der Waals surface area contributed by atoms with Gasteiger partial charge in [0.2, 0.25) is 0 Å². The third-order valence-corrected chi connectivity index (χ3v) is 7.01. The first-order chi connectivity index (χ1) is 16.5. The van der Waals surface area contributed by atoms with Gasteiger partial charge in [-0.1, -0.05) is 49.6 Å². The number of amides is 2. The molecule has 2 N–H and O–H groups in total. The lowest BCUT2D eigenvalue weighted by atomic mass is 9.90. The smallest absolute Gasteiger partial charge is 0.271 e. The Balaban J connectivity index is 1.33. The standard InChI is InChI=1S/C27H31N3O3S/c1-3-19-10-12-20(13-11-19)26(31)29-22-6-4-5-7-23(22)30-27(32)24-17-34-25(28-24)16-33-21-14-8-18(2)9-15-21/h8-15,17,22-23H,3-7,16H2,1-2H3,(H,29,31)(H,30,32)/t22-,23+/m0/s1. The number of aromatic nitrogens is 1. The van der Waals surface area contributed by atoms with Gasteiger partial charge < -0.3 is 15.4 Å². The van der Waals surface area contributed by atoms with Crippen LogP contribution in [0.5, 0.6) is 5.75 Å². The number of hydrogen-bond acceptors (Lipinski definition) is 5. The normalized spacial score (nSPS) is 17.7. The molecular formula is C27H31N3O3S. The molecule has 2 atom stereocenters. The molecule has 2 amide bonds. The summed E-state index contributed by atoms with van der Waals surface area (Å²) in [7, 11) is 0. The predicted octanol–water partition coefficient (Wildman–Crippen LogP) is 5.06. The molecule has 4 rings (SSSR count). The molecule has 34 heavy (non-hydrogen) atoms. The Morgan fingerprint density at radius 3 is 2.26 bits per heavy atom. The number of benzene rings is 2. The number of thiazole rings is 1. The first-order valence-corrected chi connectivity index (χ1v) is 12.7. The van der Waals surface area contributed by atoms with Crippen molar-refractivity contribution in [2.75, 3.05) is 0 Å². The molecule has 0 unspecified atom stereocenters. The van der Waals surface area contributed by atoms with Crippen LogP contribution in [0.2, 0.25) is 0 Å². The first kappa shape index (κ1) is 24.0. The Morgan fingerprint density at radius 1 is 0.971 bits per heavy atom. The number of carbonyl (C=O) groups is 2. The number of aryl methyl sites for hydroxylation is 2. The number of hydrogen-bond donors (Lipinski definition) is 2. The van der Waals surface area contributed by atoms with Crippen molar-refractivity contribution < 1.29 is 14.3 Å². The van der Waals surface area contributed by atoms with Crippen molar-refractivity contribution in [1.29, 1.82) is 0 Å². The Bertz CT molecular complexity index is 1110. The van der Waals surface area contributed by atoms with Gasteiger partial charge in [-0.2, -0.15) is 0 Å². The third-order valence-electron chi connectivity index (χ3n) is 6.19. The van der Waals surface area contributed by atoms with Gasteiger partial charge in [-0.25, -0.2) is 4.98 Å².